The maximum Gasteiger partial charge on any atom is 0.118 e. The van der Waals surface area contributed by atoms with Crippen LogP contribution in [0.5, 0.6) is 0 Å². The van der Waals surface area contributed by atoms with E-state index in [4.69, 9.17) is 9.15 Å². The summed E-state index contributed by atoms with van der Waals surface area (Å²) in [5, 5.41) is 10.7. The molecule has 2 atom stereocenters. The van der Waals surface area contributed by atoms with Gasteiger partial charge in [-0.2, -0.15) is 0 Å². The predicted molar refractivity (Wildman–Crippen MR) is 78.6 cm³/mol. The molecule has 2 heterocycles. The fourth-order valence-corrected chi connectivity index (χ4v) is 2.96. The highest BCUT2D eigenvalue weighted by Gasteiger charge is 2.38. The molecule has 1 aliphatic rings. The first-order valence-corrected chi connectivity index (χ1v) is 7.58. The fraction of sp³-hybridized carbons (Fsp3) is 0.750. The van der Waals surface area contributed by atoms with Crippen molar-refractivity contribution in [2.24, 2.45) is 5.92 Å². The van der Waals surface area contributed by atoms with E-state index in [1.807, 2.05) is 0 Å². The van der Waals surface area contributed by atoms with Crippen LogP contribution in [0, 0.1) is 5.92 Å². The molecular formula is C16H27NO3. The number of aliphatic hydroxyl groups is 1. The first-order valence-electron chi connectivity index (χ1n) is 7.58. The van der Waals surface area contributed by atoms with Gasteiger partial charge in [-0.3, -0.25) is 4.90 Å². The summed E-state index contributed by atoms with van der Waals surface area (Å²) in [6.07, 6.45) is 2.46. The minimum absolute atomic E-state index is 0.256. The van der Waals surface area contributed by atoms with E-state index in [1.165, 1.54) is 0 Å². The van der Waals surface area contributed by atoms with Crippen LogP contribution in [0.3, 0.4) is 0 Å². The average Bonchev–Trinajstić information content (AvgIpc) is 2.89. The number of furan rings is 1. The standard InChI is InChI=1S/C16H27NO3/c1-4-14-5-6-15(20-14)12-17-9-7-16(18,8-10-19-3)13(2)11-17/h5-6,13,18H,4,7-12H2,1-3H3/t13-,16-/m1/s1. The van der Waals surface area contributed by atoms with Crippen molar-refractivity contribution in [3.05, 3.63) is 23.7 Å². The number of rotatable bonds is 6. The van der Waals surface area contributed by atoms with E-state index in [0.717, 1.165) is 50.4 Å². The normalized spacial score (nSPS) is 27.9. The van der Waals surface area contributed by atoms with E-state index in [9.17, 15) is 5.11 Å². The van der Waals surface area contributed by atoms with Gasteiger partial charge in [0.25, 0.3) is 0 Å². The molecule has 0 saturated carbocycles. The van der Waals surface area contributed by atoms with Crippen molar-refractivity contribution in [1.82, 2.24) is 4.90 Å². The second kappa shape index (κ2) is 6.74. The molecule has 1 N–H and O–H groups in total. The molecule has 1 aromatic heterocycles. The van der Waals surface area contributed by atoms with Crippen LogP contribution in [0.4, 0.5) is 0 Å². The molecule has 114 valence electrons. The molecule has 0 radical (unpaired) electrons. The number of piperidine rings is 1. The Labute approximate surface area is 121 Å². The summed E-state index contributed by atoms with van der Waals surface area (Å²) in [7, 11) is 1.69. The van der Waals surface area contributed by atoms with Gasteiger partial charge in [0.1, 0.15) is 11.5 Å². The topological polar surface area (TPSA) is 45.8 Å². The van der Waals surface area contributed by atoms with Crippen LogP contribution in [-0.2, 0) is 17.7 Å². The smallest absolute Gasteiger partial charge is 0.118 e. The van der Waals surface area contributed by atoms with Crippen LogP contribution in [0.25, 0.3) is 0 Å². The van der Waals surface area contributed by atoms with Crippen molar-refractivity contribution in [3.63, 3.8) is 0 Å². The molecule has 0 unspecified atom stereocenters. The van der Waals surface area contributed by atoms with E-state index >= 15 is 0 Å². The van der Waals surface area contributed by atoms with Gasteiger partial charge in [0.05, 0.1) is 12.1 Å². The van der Waals surface area contributed by atoms with Crippen LogP contribution >= 0.6 is 0 Å². The number of methoxy groups -OCH3 is 1. The van der Waals surface area contributed by atoms with Crippen LogP contribution < -0.4 is 0 Å². The molecule has 1 fully saturated rings. The zero-order valence-corrected chi connectivity index (χ0v) is 12.9. The van der Waals surface area contributed by atoms with E-state index in [2.05, 4.69) is 30.9 Å². The molecule has 20 heavy (non-hydrogen) atoms. The van der Waals surface area contributed by atoms with Gasteiger partial charge in [-0.05, 0) is 30.9 Å². The second-order valence-corrected chi connectivity index (χ2v) is 5.95. The minimum atomic E-state index is -0.579. The highest BCUT2D eigenvalue weighted by Crippen LogP contribution is 2.31. The molecule has 1 aromatic rings. The maximum absolute atomic E-state index is 10.7. The third kappa shape index (κ3) is 3.62. The Morgan fingerprint density at radius 2 is 2.20 bits per heavy atom. The fourth-order valence-electron chi connectivity index (χ4n) is 2.96. The van der Waals surface area contributed by atoms with Gasteiger partial charge in [0.15, 0.2) is 0 Å². The lowest BCUT2D eigenvalue weighted by Gasteiger charge is -2.43. The molecule has 2 rings (SSSR count). The number of hydrogen-bond acceptors (Lipinski definition) is 4. The van der Waals surface area contributed by atoms with Crippen LogP contribution in [-0.4, -0.2) is 42.4 Å². The zero-order chi connectivity index (χ0) is 14.6. The molecule has 1 saturated heterocycles. The average molecular weight is 281 g/mol. The molecule has 0 aromatic carbocycles. The summed E-state index contributed by atoms with van der Waals surface area (Å²) in [6.45, 7) is 7.50. The second-order valence-electron chi connectivity index (χ2n) is 5.95. The minimum Gasteiger partial charge on any atom is -0.465 e. The van der Waals surface area contributed by atoms with Crippen molar-refractivity contribution < 1.29 is 14.3 Å². The lowest BCUT2D eigenvalue weighted by molar-refractivity contribution is -0.0835. The highest BCUT2D eigenvalue weighted by molar-refractivity contribution is 5.07. The molecule has 0 bridgehead atoms. The Kier molecular flexibility index (Phi) is 5.24. The Balaban J connectivity index is 1.88. The van der Waals surface area contributed by atoms with Crippen molar-refractivity contribution in [1.29, 1.82) is 0 Å². The third-order valence-electron chi connectivity index (χ3n) is 4.49. The molecule has 0 spiro atoms. The SMILES string of the molecule is CCc1ccc(CN2CC[C@@](O)(CCOC)[C@H](C)C2)o1. The summed E-state index contributed by atoms with van der Waals surface area (Å²) >= 11 is 0. The summed E-state index contributed by atoms with van der Waals surface area (Å²) in [5.41, 5.74) is -0.579. The first kappa shape index (κ1) is 15.5. The van der Waals surface area contributed by atoms with E-state index < -0.39 is 5.60 Å². The Morgan fingerprint density at radius 3 is 2.80 bits per heavy atom. The predicted octanol–water partition coefficient (Wildman–Crippen LogP) is 2.45. The van der Waals surface area contributed by atoms with Gasteiger partial charge >= 0.3 is 0 Å². The molecule has 4 nitrogen and oxygen atoms in total. The lowest BCUT2D eigenvalue weighted by atomic mass is 9.80. The van der Waals surface area contributed by atoms with Gasteiger partial charge in [0, 0.05) is 33.2 Å². The van der Waals surface area contributed by atoms with Gasteiger partial charge < -0.3 is 14.3 Å². The van der Waals surface area contributed by atoms with Crippen molar-refractivity contribution in [3.8, 4) is 0 Å². The molecule has 0 amide bonds. The Morgan fingerprint density at radius 1 is 1.45 bits per heavy atom. The largest absolute Gasteiger partial charge is 0.465 e. The zero-order valence-electron chi connectivity index (χ0n) is 12.9. The Bertz CT molecular complexity index is 418. The number of aryl methyl sites for hydroxylation is 1. The first-order chi connectivity index (χ1) is 9.57. The summed E-state index contributed by atoms with van der Waals surface area (Å²) in [6, 6.07) is 4.12. The summed E-state index contributed by atoms with van der Waals surface area (Å²) < 4.78 is 10.9. The molecule has 4 heteroatoms. The van der Waals surface area contributed by atoms with Crippen LogP contribution in [0.15, 0.2) is 16.5 Å². The summed E-state index contributed by atoms with van der Waals surface area (Å²) in [5.74, 6) is 2.32. The number of hydrogen-bond donors (Lipinski definition) is 1. The molecule has 1 aliphatic heterocycles. The van der Waals surface area contributed by atoms with Crippen molar-refractivity contribution in [2.75, 3.05) is 26.8 Å². The van der Waals surface area contributed by atoms with Gasteiger partial charge in [-0.15, -0.1) is 0 Å². The van der Waals surface area contributed by atoms with Crippen LogP contribution in [0.2, 0.25) is 0 Å². The highest BCUT2D eigenvalue weighted by atomic mass is 16.5. The monoisotopic (exact) mass is 281 g/mol. The van der Waals surface area contributed by atoms with Crippen molar-refractivity contribution >= 4 is 0 Å². The van der Waals surface area contributed by atoms with E-state index in [1.54, 1.807) is 7.11 Å². The summed E-state index contributed by atoms with van der Waals surface area (Å²) in [4.78, 5) is 2.37. The number of ether oxygens (including phenoxy) is 1. The number of likely N-dealkylation sites (tertiary alicyclic amines) is 1. The Hall–Kier alpha value is -0.840. The number of nitrogens with zero attached hydrogens (tertiary/aromatic N) is 1. The molecular weight excluding hydrogens is 254 g/mol. The van der Waals surface area contributed by atoms with E-state index in [0.29, 0.717) is 6.61 Å². The maximum atomic E-state index is 10.7. The van der Waals surface area contributed by atoms with Crippen molar-refractivity contribution in [2.45, 2.75) is 45.3 Å². The van der Waals surface area contributed by atoms with Gasteiger partial charge in [0.2, 0.25) is 0 Å². The van der Waals surface area contributed by atoms with E-state index in [-0.39, 0.29) is 5.92 Å². The van der Waals surface area contributed by atoms with Crippen LogP contribution in [0.1, 0.15) is 38.2 Å². The third-order valence-corrected chi connectivity index (χ3v) is 4.49. The quantitative estimate of drug-likeness (QED) is 0.870. The van der Waals surface area contributed by atoms with Gasteiger partial charge in [-0.1, -0.05) is 13.8 Å². The molecule has 0 aliphatic carbocycles. The lowest BCUT2D eigenvalue weighted by Crippen LogP contribution is -2.50. The van der Waals surface area contributed by atoms with Gasteiger partial charge in [-0.25, -0.2) is 0 Å².